The number of aromatic amines is 1. The lowest BCUT2D eigenvalue weighted by molar-refractivity contribution is 0.0314. The summed E-state index contributed by atoms with van der Waals surface area (Å²) >= 11 is 0. The number of carbonyl (C=O) groups is 1. The zero-order chi connectivity index (χ0) is 13.9. The highest BCUT2D eigenvalue weighted by molar-refractivity contribution is 6.05. The molecule has 0 fully saturated rings. The summed E-state index contributed by atoms with van der Waals surface area (Å²) in [5, 5.41) is 20.6. The topological polar surface area (TPSA) is 78.0 Å². The number of hydrogen-bond donors (Lipinski definition) is 3. The Bertz CT molecular complexity index is 573. The molecule has 0 bridgehead atoms. The lowest BCUT2D eigenvalue weighted by Gasteiger charge is -2.25. The van der Waals surface area contributed by atoms with Gasteiger partial charge >= 0.3 is 0 Å². The van der Waals surface area contributed by atoms with Crippen LogP contribution >= 0.6 is 0 Å². The fourth-order valence-electron chi connectivity index (χ4n) is 2.00. The summed E-state index contributed by atoms with van der Waals surface area (Å²) in [7, 11) is 0. The predicted octanol–water partition coefficient (Wildman–Crippen LogP) is 1.84. The Morgan fingerprint density at radius 1 is 1.42 bits per heavy atom. The first kappa shape index (κ1) is 13.5. The highest BCUT2D eigenvalue weighted by Crippen LogP contribution is 2.17. The molecule has 5 heteroatoms. The highest BCUT2D eigenvalue weighted by Gasteiger charge is 2.23. The van der Waals surface area contributed by atoms with Crippen LogP contribution in [0.15, 0.2) is 24.4 Å². The summed E-state index contributed by atoms with van der Waals surface area (Å²) in [6.07, 6.45) is 2.90. The zero-order valence-electron chi connectivity index (χ0n) is 11.2. The minimum Gasteiger partial charge on any atom is -0.388 e. The Hall–Kier alpha value is -1.88. The third kappa shape index (κ3) is 2.76. The van der Waals surface area contributed by atoms with Gasteiger partial charge in [-0.05, 0) is 18.9 Å². The molecular weight excluding hydrogens is 242 g/mol. The molecule has 0 atom stereocenters. The Labute approximate surface area is 112 Å². The molecule has 5 nitrogen and oxygen atoms in total. The number of H-pyrrole nitrogens is 1. The molecule has 0 spiro atoms. The van der Waals surface area contributed by atoms with E-state index in [1.807, 2.05) is 26.0 Å². The second-order valence-electron chi connectivity index (χ2n) is 4.75. The van der Waals surface area contributed by atoms with Gasteiger partial charge in [-0.3, -0.25) is 9.89 Å². The number of aliphatic hydroxyl groups is 1. The first-order chi connectivity index (χ1) is 9.09. The molecule has 1 aromatic heterocycles. The summed E-state index contributed by atoms with van der Waals surface area (Å²) in [4.78, 5) is 12.2. The predicted molar refractivity (Wildman–Crippen MR) is 74.0 cm³/mol. The summed E-state index contributed by atoms with van der Waals surface area (Å²) in [5.41, 5.74) is 0.429. The van der Waals surface area contributed by atoms with Crippen LogP contribution in [0, 0.1) is 0 Å². The van der Waals surface area contributed by atoms with Gasteiger partial charge in [-0.25, -0.2) is 0 Å². The van der Waals surface area contributed by atoms with Crippen LogP contribution in [-0.2, 0) is 0 Å². The van der Waals surface area contributed by atoms with E-state index in [1.54, 1.807) is 12.3 Å². The zero-order valence-corrected chi connectivity index (χ0v) is 11.2. The van der Waals surface area contributed by atoms with Gasteiger partial charge in [-0.15, -0.1) is 0 Å². The van der Waals surface area contributed by atoms with Crippen molar-refractivity contribution in [3.05, 3.63) is 30.0 Å². The molecule has 1 heterocycles. The van der Waals surface area contributed by atoms with Crippen molar-refractivity contribution in [3.63, 3.8) is 0 Å². The number of para-hydroxylation sites is 1. The summed E-state index contributed by atoms with van der Waals surface area (Å²) < 4.78 is 0. The molecule has 1 amide bonds. The number of nitrogens with one attached hydrogen (secondary N) is 2. The molecule has 0 radical (unpaired) electrons. The first-order valence-corrected chi connectivity index (χ1v) is 6.52. The lowest BCUT2D eigenvalue weighted by atomic mass is 9.97. The minimum atomic E-state index is -0.836. The average molecular weight is 261 g/mol. The van der Waals surface area contributed by atoms with Crippen LogP contribution < -0.4 is 5.32 Å². The van der Waals surface area contributed by atoms with Crippen LogP contribution in [-0.4, -0.2) is 33.4 Å². The van der Waals surface area contributed by atoms with E-state index in [0.29, 0.717) is 18.4 Å². The number of nitrogens with zero attached hydrogens (tertiary/aromatic N) is 1. The van der Waals surface area contributed by atoms with Crippen molar-refractivity contribution in [2.45, 2.75) is 32.3 Å². The van der Waals surface area contributed by atoms with Gasteiger partial charge in [0.2, 0.25) is 0 Å². The molecule has 19 heavy (non-hydrogen) atoms. The van der Waals surface area contributed by atoms with Gasteiger partial charge in [-0.1, -0.05) is 26.0 Å². The SMILES string of the molecule is CCC(O)(CC)CNC(=O)c1cccc2cn[nH]c12. The van der Waals surface area contributed by atoms with Crippen molar-refractivity contribution in [3.8, 4) is 0 Å². The Kier molecular flexibility index (Phi) is 3.85. The number of benzene rings is 1. The van der Waals surface area contributed by atoms with Gasteiger partial charge in [0.05, 0.1) is 22.9 Å². The van der Waals surface area contributed by atoms with E-state index < -0.39 is 5.60 Å². The van der Waals surface area contributed by atoms with Gasteiger partial charge in [0, 0.05) is 11.9 Å². The normalized spacial score (nSPS) is 11.7. The Morgan fingerprint density at radius 3 is 2.84 bits per heavy atom. The third-order valence-electron chi connectivity index (χ3n) is 3.62. The van der Waals surface area contributed by atoms with E-state index in [-0.39, 0.29) is 12.5 Å². The van der Waals surface area contributed by atoms with Crippen molar-refractivity contribution in [2.75, 3.05) is 6.54 Å². The molecule has 0 aliphatic rings. The Balaban J connectivity index is 2.14. The number of fused-ring (bicyclic) bond motifs is 1. The highest BCUT2D eigenvalue weighted by atomic mass is 16.3. The van der Waals surface area contributed by atoms with Gasteiger partial charge in [0.1, 0.15) is 0 Å². The van der Waals surface area contributed by atoms with Gasteiger partial charge in [0.15, 0.2) is 0 Å². The molecular formula is C14H19N3O2. The van der Waals surface area contributed by atoms with Crippen LogP contribution in [0.3, 0.4) is 0 Å². The molecule has 102 valence electrons. The van der Waals surface area contributed by atoms with Crippen molar-refractivity contribution in [2.24, 2.45) is 0 Å². The van der Waals surface area contributed by atoms with Gasteiger partial charge in [-0.2, -0.15) is 5.10 Å². The smallest absolute Gasteiger partial charge is 0.253 e. The molecule has 0 saturated carbocycles. The standard InChI is InChI=1S/C14H19N3O2/c1-3-14(19,4-2)9-15-13(18)11-7-5-6-10-8-16-17-12(10)11/h5-8,19H,3-4,9H2,1-2H3,(H,15,18)(H,16,17). The summed E-state index contributed by atoms with van der Waals surface area (Å²) in [6.45, 7) is 4.07. The first-order valence-electron chi connectivity index (χ1n) is 6.52. The third-order valence-corrected chi connectivity index (χ3v) is 3.62. The molecule has 0 unspecified atom stereocenters. The lowest BCUT2D eigenvalue weighted by Crippen LogP contribution is -2.42. The van der Waals surface area contributed by atoms with Gasteiger partial charge in [0.25, 0.3) is 5.91 Å². The fourth-order valence-corrected chi connectivity index (χ4v) is 2.00. The second kappa shape index (κ2) is 5.40. The average Bonchev–Trinajstić information content (AvgIpc) is 2.92. The fraction of sp³-hybridized carbons (Fsp3) is 0.429. The molecule has 0 aliphatic carbocycles. The minimum absolute atomic E-state index is 0.199. The molecule has 2 aromatic rings. The summed E-state index contributed by atoms with van der Waals surface area (Å²) in [6, 6.07) is 5.45. The van der Waals surface area contributed by atoms with Crippen LogP contribution in [0.1, 0.15) is 37.0 Å². The van der Waals surface area contributed by atoms with Crippen molar-refractivity contribution in [1.29, 1.82) is 0 Å². The monoisotopic (exact) mass is 261 g/mol. The largest absolute Gasteiger partial charge is 0.388 e. The maximum atomic E-state index is 12.2. The van der Waals surface area contributed by atoms with E-state index in [2.05, 4.69) is 15.5 Å². The number of aromatic nitrogens is 2. The number of rotatable bonds is 5. The number of amides is 1. The number of carbonyl (C=O) groups excluding carboxylic acids is 1. The Morgan fingerprint density at radius 2 is 2.16 bits per heavy atom. The maximum absolute atomic E-state index is 12.2. The summed E-state index contributed by atoms with van der Waals surface area (Å²) in [5.74, 6) is -0.199. The second-order valence-corrected chi connectivity index (χ2v) is 4.75. The van der Waals surface area contributed by atoms with Crippen molar-refractivity contribution in [1.82, 2.24) is 15.5 Å². The van der Waals surface area contributed by atoms with Crippen LogP contribution in [0.4, 0.5) is 0 Å². The van der Waals surface area contributed by atoms with E-state index in [4.69, 9.17) is 0 Å². The van der Waals surface area contributed by atoms with Gasteiger partial charge < -0.3 is 10.4 Å². The molecule has 2 rings (SSSR count). The van der Waals surface area contributed by atoms with Crippen molar-refractivity contribution < 1.29 is 9.90 Å². The van der Waals surface area contributed by atoms with Crippen molar-refractivity contribution >= 4 is 16.8 Å². The van der Waals surface area contributed by atoms with Crippen LogP contribution in [0.25, 0.3) is 10.9 Å². The van der Waals surface area contributed by atoms with E-state index in [0.717, 1.165) is 10.9 Å². The molecule has 3 N–H and O–H groups in total. The van der Waals surface area contributed by atoms with Crippen LogP contribution in [0.5, 0.6) is 0 Å². The quantitative estimate of drug-likeness (QED) is 0.768. The molecule has 0 saturated heterocycles. The number of hydrogen-bond acceptors (Lipinski definition) is 3. The van der Waals surface area contributed by atoms with E-state index in [1.165, 1.54) is 0 Å². The molecule has 0 aliphatic heterocycles. The van der Waals surface area contributed by atoms with Crippen LogP contribution in [0.2, 0.25) is 0 Å². The maximum Gasteiger partial charge on any atom is 0.253 e. The van der Waals surface area contributed by atoms with E-state index in [9.17, 15) is 9.90 Å². The van der Waals surface area contributed by atoms with E-state index >= 15 is 0 Å². The molecule has 1 aromatic carbocycles.